The standard InChI is InChI=1S/C29H23N5O/c1-31-16-17-32(20-31)21-8-6-10-23(18-21)35-24-11-7-9-22(19-24)33-27-14-4-5-15-28(27)34-26-13-3-2-12-25(26)30-29(33)34/h2-19H,20H2,1H3. The van der Waals surface area contributed by atoms with Crippen LogP contribution in [0.4, 0.5) is 5.69 Å². The molecule has 1 aliphatic rings. The van der Waals surface area contributed by atoms with Crippen LogP contribution in [0.5, 0.6) is 11.5 Å². The van der Waals surface area contributed by atoms with Crippen molar-refractivity contribution in [2.75, 3.05) is 18.6 Å². The molecule has 4 aromatic carbocycles. The minimum atomic E-state index is 0.778. The zero-order chi connectivity index (χ0) is 23.4. The van der Waals surface area contributed by atoms with E-state index < -0.39 is 0 Å². The molecule has 7 rings (SSSR count). The van der Waals surface area contributed by atoms with Gasteiger partial charge in [0, 0.05) is 37.3 Å². The Labute approximate surface area is 202 Å². The van der Waals surface area contributed by atoms with E-state index in [4.69, 9.17) is 9.72 Å². The molecule has 0 radical (unpaired) electrons. The third kappa shape index (κ3) is 3.22. The van der Waals surface area contributed by atoms with Crippen molar-refractivity contribution >= 4 is 33.5 Å². The van der Waals surface area contributed by atoms with Crippen LogP contribution in [0.15, 0.2) is 109 Å². The summed E-state index contributed by atoms with van der Waals surface area (Å²) in [6.45, 7) is 0.828. The molecule has 0 aliphatic carbocycles. The minimum Gasteiger partial charge on any atom is -0.457 e. The molecule has 2 aromatic heterocycles. The highest BCUT2D eigenvalue weighted by Crippen LogP contribution is 2.32. The Balaban J connectivity index is 1.31. The maximum absolute atomic E-state index is 6.32. The molecule has 6 heteroatoms. The lowest BCUT2D eigenvalue weighted by Gasteiger charge is -2.19. The van der Waals surface area contributed by atoms with Crippen LogP contribution < -0.4 is 9.64 Å². The van der Waals surface area contributed by atoms with Crippen molar-refractivity contribution in [1.29, 1.82) is 0 Å². The van der Waals surface area contributed by atoms with Crippen molar-refractivity contribution in [2.24, 2.45) is 0 Å². The summed E-state index contributed by atoms with van der Waals surface area (Å²) in [5.41, 5.74) is 6.41. The maximum atomic E-state index is 6.32. The Bertz CT molecular complexity index is 1740. The Morgan fingerprint density at radius 1 is 0.686 bits per heavy atom. The van der Waals surface area contributed by atoms with E-state index in [1.54, 1.807) is 0 Å². The van der Waals surface area contributed by atoms with Gasteiger partial charge in [-0.05, 0) is 48.5 Å². The highest BCUT2D eigenvalue weighted by molar-refractivity contribution is 5.92. The van der Waals surface area contributed by atoms with E-state index in [-0.39, 0.29) is 0 Å². The number of imidazole rings is 2. The van der Waals surface area contributed by atoms with E-state index >= 15 is 0 Å². The van der Waals surface area contributed by atoms with Gasteiger partial charge in [0.15, 0.2) is 0 Å². The zero-order valence-electron chi connectivity index (χ0n) is 19.2. The lowest BCUT2D eigenvalue weighted by molar-refractivity contribution is 0.480. The van der Waals surface area contributed by atoms with E-state index in [1.165, 1.54) is 0 Å². The number of nitrogens with zero attached hydrogens (tertiary/aromatic N) is 5. The van der Waals surface area contributed by atoms with Gasteiger partial charge in [-0.2, -0.15) is 0 Å². The van der Waals surface area contributed by atoms with Gasteiger partial charge in [0.2, 0.25) is 5.78 Å². The lowest BCUT2D eigenvalue weighted by atomic mass is 10.2. The molecule has 0 fully saturated rings. The van der Waals surface area contributed by atoms with E-state index in [0.29, 0.717) is 0 Å². The molecule has 0 saturated heterocycles. The molecule has 0 spiro atoms. The van der Waals surface area contributed by atoms with Crippen LogP contribution in [0, 0.1) is 0 Å². The quantitative estimate of drug-likeness (QED) is 0.307. The minimum absolute atomic E-state index is 0.778. The van der Waals surface area contributed by atoms with Gasteiger partial charge in [-0.25, -0.2) is 4.98 Å². The van der Waals surface area contributed by atoms with Gasteiger partial charge in [-0.15, -0.1) is 0 Å². The molecule has 3 heterocycles. The number of hydrogen-bond acceptors (Lipinski definition) is 4. The molecule has 0 N–H and O–H groups in total. The van der Waals surface area contributed by atoms with Gasteiger partial charge in [-0.3, -0.25) is 8.97 Å². The van der Waals surface area contributed by atoms with Gasteiger partial charge < -0.3 is 14.5 Å². The fourth-order valence-electron chi connectivity index (χ4n) is 4.85. The average molecular weight is 458 g/mol. The number of fused-ring (bicyclic) bond motifs is 5. The summed E-state index contributed by atoms with van der Waals surface area (Å²) < 4.78 is 10.7. The molecular formula is C29H23N5O. The number of hydrogen-bond donors (Lipinski definition) is 0. The number of aromatic nitrogens is 3. The summed E-state index contributed by atoms with van der Waals surface area (Å²) in [5, 5.41) is 0. The molecule has 170 valence electrons. The van der Waals surface area contributed by atoms with Crippen LogP contribution in [-0.2, 0) is 0 Å². The molecule has 0 amide bonds. The van der Waals surface area contributed by atoms with E-state index in [0.717, 1.165) is 57.4 Å². The molecule has 0 atom stereocenters. The van der Waals surface area contributed by atoms with Gasteiger partial charge in [0.25, 0.3) is 0 Å². The molecule has 6 nitrogen and oxygen atoms in total. The highest BCUT2D eigenvalue weighted by Gasteiger charge is 2.17. The Morgan fingerprint density at radius 3 is 2.14 bits per heavy atom. The first-order valence-corrected chi connectivity index (χ1v) is 11.6. The highest BCUT2D eigenvalue weighted by atomic mass is 16.5. The molecule has 0 bridgehead atoms. The number of ether oxygens (including phenoxy) is 1. The predicted molar refractivity (Wildman–Crippen MR) is 140 cm³/mol. The first kappa shape index (κ1) is 19.7. The monoisotopic (exact) mass is 457 g/mol. The molecule has 0 unspecified atom stereocenters. The van der Waals surface area contributed by atoms with Crippen LogP contribution in [0.25, 0.3) is 33.5 Å². The van der Waals surface area contributed by atoms with Gasteiger partial charge in [-0.1, -0.05) is 36.4 Å². The summed E-state index contributed by atoms with van der Waals surface area (Å²) >= 11 is 0. The van der Waals surface area contributed by atoms with Crippen LogP contribution in [0.1, 0.15) is 0 Å². The third-order valence-electron chi connectivity index (χ3n) is 6.44. The maximum Gasteiger partial charge on any atom is 0.220 e. The normalized spacial score (nSPS) is 13.5. The number of para-hydroxylation sites is 4. The Kier molecular flexibility index (Phi) is 4.32. The fourth-order valence-corrected chi connectivity index (χ4v) is 4.85. The average Bonchev–Trinajstić information content (AvgIpc) is 3.57. The summed E-state index contributed by atoms with van der Waals surface area (Å²) in [7, 11) is 2.06. The summed E-state index contributed by atoms with van der Waals surface area (Å²) in [4.78, 5) is 9.30. The van der Waals surface area contributed by atoms with Crippen molar-refractivity contribution in [3.8, 4) is 17.2 Å². The summed E-state index contributed by atoms with van der Waals surface area (Å²) in [6.07, 6.45) is 4.15. The largest absolute Gasteiger partial charge is 0.457 e. The first-order valence-electron chi connectivity index (χ1n) is 11.6. The second-order valence-corrected chi connectivity index (χ2v) is 8.82. The van der Waals surface area contributed by atoms with E-state index in [9.17, 15) is 0 Å². The SMILES string of the molecule is CN1C=CN(c2cccc(Oc3cccc(-n4c5ccccc5n5c6ccccc6nc45)c3)c2)C1. The third-order valence-corrected chi connectivity index (χ3v) is 6.44. The molecule has 0 saturated carbocycles. The number of benzene rings is 4. The molecule has 1 aliphatic heterocycles. The van der Waals surface area contributed by atoms with Crippen molar-refractivity contribution in [2.45, 2.75) is 0 Å². The lowest BCUT2D eigenvalue weighted by Crippen LogP contribution is -2.21. The van der Waals surface area contributed by atoms with Crippen LogP contribution in [0.2, 0.25) is 0 Å². The first-order chi connectivity index (χ1) is 17.2. The van der Waals surface area contributed by atoms with Crippen LogP contribution >= 0.6 is 0 Å². The predicted octanol–water partition coefficient (Wildman–Crippen LogP) is 6.40. The van der Waals surface area contributed by atoms with E-state index in [2.05, 4.69) is 105 Å². The van der Waals surface area contributed by atoms with Crippen molar-refractivity contribution < 1.29 is 4.74 Å². The van der Waals surface area contributed by atoms with Crippen LogP contribution in [-0.4, -0.2) is 32.6 Å². The number of anilines is 1. The zero-order valence-corrected chi connectivity index (χ0v) is 19.2. The van der Waals surface area contributed by atoms with Gasteiger partial charge in [0.1, 0.15) is 11.5 Å². The molecule has 35 heavy (non-hydrogen) atoms. The van der Waals surface area contributed by atoms with Crippen LogP contribution in [0.3, 0.4) is 0 Å². The number of rotatable bonds is 4. The molecular weight excluding hydrogens is 434 g/mol. The summed E-state index contributed by atoms with van der Waals surface area (Å²) in [5.74, 6) is 2.47. The topological polar surface area (TPSA) is 37.9 Å². The van der Waals surface area contributed by atoms with Crippen molar-refractivity contribution in [1.82, 2.24) is 18.9 Å². The fraction of sp³-hybridized carbons (Fsp3) is 0.0690. The van der Waals surface area contributed by atoms with Gasteiger partial charge >= 0.3 is 0 Å². The molecule has 6 aromatic rings. The second-order valence-electron chi connectivity index (χ2n) is 8.82. The smallest absolute Gasteiger partial charge is 0.220 e. The van der Waals surface area contributed by atoms with Gasteiger partial charge in [0.05, 0.1) is 34.4 Å². The Hall–Kier alpha value is -4.71. The second kappa shape index (κ2) is 7.67. The van der Waals surface area contributed by atoms with Crippen molar-refractivity contribution in [3.63, 3.8) is 0 Å². The summed E-state index contributed by atoms with van der Waals surface area (Å²) in [6, 6.07) is 33.0. The Morgan fingerprint density at radius 2 is 1.37 bits per heavy atom. The van der Waals surface area contributed by atoms with Crippen molar-refractivity contribution in [3.05, 3.63) is 109 Å². The van der Waals surface area contributed by atoms with E-state index in [1.807, 2.05) is 30.3 Å².